The smallest absolute Gasteiger partial charge is 0.271 e. The highest BCUT2D eigenvalue weighted by Crippen LogP contribution is 2.31. The lowest BCUT2D eigenvalue weighted by molar-refractivity contribution is -0.384. The molecule has 0 aliphatic carbocycles. The summed E-state index contributed by atoms with van der Waals surface area (Å²) in [4.78, 5) is 22.1. The standard InChI is InChI=1S/C16H11ClN2O3/c1-10(20)13-9-18(15-5-3-2-4-12(13)15)16-7-6-11(19(21)22)8-14(16)17/h2-9H,1H3. The molecule has 0 saturated heterocycles. The van der Waals surface area contributed by atoms with Gasteiger partial charge in [-0.3, -0.25) is 14.9 Å². The first-order valence-corrected chi connectivity index (χ1v) is 6.92. The summed E-state index contributed by atoms with van der Waals surface area (Å²) in [6, 6.07) is 11.7. The molecule has 2 aromatic carbocycles. The van der Waals surface area contributed by atoms with Crippen molar-refractivity contribution in [3.05, 3.63) is 69.4 Å². The number of non-ortho nitro benzene ring substituents is 1. The van der Waals surface area contributed by atoms with Crippen LogP contribution in [0, 0.1) is 10.1 Å². The molecule has 0 unspecified atom stereocenters. The number of rotatable bonds is 3. The summed E-state index contributed by atoms with van der Waals surface area (Å²) in [5, 5.41) is 11.9. The van der Waals surface area contributed by atoms with Crippen LogP contribution in [0.5, 0.6) is 0 Å². The van der Waals surface area contributed by atoms with Crippen LogP contribution in [0.2, 0.25) is 5.02 Å². The van der Waals surface area contributed by atoms with E-state index in [9.17, 15) is 14.9 Å². The molecule has 0 amide bonds. The number of nitro groups is 1. The van der Waals surface area contributed by atoms with Gasteiger partial charge in [-0.25, -0.2) is 0 Å². The molecule has 0 atom stereocenters. The second-order valence-corrected chi connectivity index (χ2v) is 5.29. The van der Waals surface area contributed by atoms with Gasteiger partial charge in [-0.2, -0.15) is 0 Å². The Morgan fingerprint density at radius 2 is 1.95 bits per heavy atom. The first kappa shape index (κ1) is 14.3. The highest BCUT2D eigenvalue weighted by atomic mass is 35.5. The number of nitrogens with zero attached hydrogens (tertiary/aromatic N) is 2. The lowest BCUT2D eigenvalue weighted by Crippen LogP contribution is -1.95. The third kappa shape index (κ3) is 2.25. The van der Waals surface area contributed by atoms with Gasteiger partial charge in [-0.15, -0.1) is 0 Å². The zero-order valence-corrected chi connectivity index (χ0v) is 12.4. The van der Waals surface area contributed by atoms with Crippen LogP contribution >= 0.6 is 11.6 Å². The van der Waals surface area contributed by atoms with Crippen LogP contribution in [0.25, 0.3) is 16.6 Å². The van der Waals surface area contributed by atoms with Crippen molar-refractivity contribution >= 4 is 34.0 Å². The zero-order chi connectivity index (χ0) is 15.9. The van der Waals surface area contributed by atoms with Crippen LogP contribution < -0.4 is 0 Å². The normalized spacial score (nSPS) is 10.8. The molecule has 22 heavy (non-hydrogen) atoms. The van der Waals surface area contributed by atoms with Crippen LogP contribution in [0.4, 0.5) is 5.69 Å². The molecule has 5 nitrogen and oxygen atoms in total. The molecule has 0 saturated carbocycles. The molecular formula is C16H11ClN2O3. The van der Waals surface area contributed by atoms with Crippen molar-refractivity contribution in [1.29, 1.82) is 0 Å². The third-order valence-corrected chi connectivity index (χ3v) is 3.80. The van der Waals surface area contributed by atoms with Crippen LogP contribution in [0.15, 0.2) is 48.7 Å². The maximum absolute atomic E-state index is 11.8. The molecule has 3 aromatic rings. The number of aromatic nitrogens is 1. The first-order valence-electron chi connectivity index (χ1n) is 6.54. The van der Waals surface area contributed by atoms with E-state index in [0.717, 1.165) is 10.9 Å². The van der Waals surface area contributed by atoms with Crippen molar-refractivity contribution in [2.45, 2.75) is 6.92 Å². The van der Waals surface area contributed by atoms with E-state index in [0.29, 0.717) is 11.3 Å². The van der Waals surface area contributed by atoms with E-state index in [1.165, 1.54) is 19.1 Å². The van der Waals surface area contributed by atoms with Gasteiger partial charge in [0.15, 0.2) is 5.78 Å². The van der Waals surface area contributed by atoms with Crippen molar-refractivity contribution in [3.8, 4) is 5.69 Å². The Morgan fingerprint density at radius 3 is 2.59 bits per heavy atom. The Hall–Kier alpha value is -2.66. The molecule has 0 bridgehead atoms. The molecule has 110 valence electrons. The molecule has 1 aromatic heterocycles. The van der Waals surface area contributed by atoms with Gasteiger partial charge in [0.05, 0.1) is 21.2 Å². The maximum atomic E-state index is 11.8. The molecule has 0 fully saturated rings. The Bertz CT molecular complexity index is 915. The van der Waals surface area contributed by atoms with E-state index in [2.05, 4.69) is 0 Å². The molecule has 0 radical (unpaired) electrons. The number of fused-ring (bicyclic) bond motifs is 1. The van der Waals surface area contributed by atoms with Gasteiger partial charge in [0.25, 0.3) is 5.69 Å². The predicted octanol–water partition coefficient (Wildman–Crippen LogP) is 4.39. The number of halogens is 1. The van der Waals surface area contributed by atoms with Crippen LogP contribution in [-0.4, -0.2) is 15.3 Å². The number of nitro benzene ring substituents is 1. The molecule has 0 aliphatic rings. The number of Topliss-reactive ketones (excluding diaryl/α,β-unsaturated/α-hetero) is 1. The average Bonchev–Trinajstić information content (AvgIpc) is 2.87. The molecule has 0 spiro atoms. The van der Waals surface area contributed by atoms with E-state index >= 15 is 0 Å². The summed E-state index contributed by atoms with van der Waals surface area (Å²) < 4.78 is 1.78. The molecule has 0 N–H and O–H groups in total. The minimum absolute atomic E-state index is 0.0482. The third-order valence-electron chi connectivity index (χ3n) is 3.49. The first-order chi connectivity index (χ1) is 10.5. The summed E-state index contributed by atoms with van der Waals surface area (Å²) in [7, 11) is 0. The molecule has 0 aliphatic heterocycles. The van der Waals surface area contributed by atoms with Crippen molar-refractivity contribution in [3.63, 3.8) is 0 Å². The fourth-order valence-corrected chi connectivity index (χ4v) is 2.73. The van der Waals surface area contributed by atoms with E-state index in [1.807, 2.05) is 24.3 Å². The van der Waals surface area contributed by atoms with Gasteiger partial charge >= 0.3 is 0 Å². The van der Waals surface area contributed by atoms with Crippen molar-refractivity contribution < 1.29 is 9.72 Å². The average molecular weight is 315 g/mol. The number of para-hydroxylation sites is 1. The highest BCUT2D eigenvalue weighted by Gasteiger charge is 2.16. The van der Waals surface area contributed by atoms with Gasteiger partial charge in [0.2, 0.25) is 0 Å². The van der Waals surface area contributed by atoms with Gasteiger partial charge in [-0.05, 0) is 19.1 Å². The quantitative estimate of drug-likeness (QED) is 0.409. The number of hydrogen-bond donors (Lipinski definition) is 0. The lowest BCUT2D eigenvalue weighted by Gasteiger charge is -2.07. The second-order valence-electron chi connectivity index (χ2n) is 4.88. The monoisotopic (exact) mass is 314 g/mol. The van der Waals surface area contributed by atoms with Gasteiger partial charge in [0.1, 0.15) is 0 Å². The fourth-order valence-electron chi connectivity index (χ4n) is 2.46. The Kier molecular flexibility index (Phi) is 3.42. The van der Waals surface area contributed by atoms with E-state index < -0.39 is 4.92 Å². The molecule has 1 heterocycles. The zero-order valence-electron chi connectivity index (χ0n) is 11.6. The van der Waals surface area contributed by atoms with Crippen LogP contribution in [-0.2, 0) is 0 Å². The Morgan fingerprint density at radius 1 is 1.23 bits per heavy atom. The topological polar surface area (TPSA) is 65.1 Å². The summed E-state index contributed by atoms with van der Waals surface area (Å²) in [6.45, 7) is 1.50. The minimum Gasteiger partial charge on any atom is -0.314 e. The van der Waals surface area contributed by atoms with Gasteiger partial charge < -0.3 is 4.57 Å². The number of benzene rings is 2. The number of ketones is 1. The Balaban J connectivity index is 2.27. The van der Waals surface area contributed by atoms with Crippen LogP contribution in [0.1, 0.15) is 17.3 Å². The number of carbonyl (C=O) groups is 1. The summed E-state index contributed by atoms with van der Waals surface area (Å²) in [5.74, 6) is -0.0482. The van der Waals surface area contributed by atoms with Crippen LogP contribution in [0.3, 0.4) is 0 Å². The predicted molar refractivity (Wildman–Crippen MR) is 84.9 cm³/mol. The molecule has 6 heteroatoms. The van der Waals surface area contributed by atoms with E-state index in [1.54, 1.807) is 16.8 Å². The second kappa shape index (κ2) is 5.27. The SMILES string of the molecule is CC(=O)c1cn(-c2ccc([N+](=O)[O-])cc2Cl)c2ccccc12. The van der Waals surface area contributed by atoms with Crippen molar-refractivity contribution in [2.24, 2.45) is 0 Å². The number of carbonyl (C=O) groups excluding carboxylic acids is 1. The van der Waals surface area contributed by atoms with Crippen molar-refractivity contribution in [1.82, 2.24) is 4.57 Å². The lowest BCUT2D eigenvalue weighted by atomic mass is 10.1. The largest absolute Gasteiger partial charge is 0.314 e. The molecular weight excluding hydrogens is 304 g/mol. The molecule has 3 rings (SSSR count). The van der Waals surface area contributed by atoms with E-state index in [4.69, 9.17) is 11.6 Å². The van der Waals surface area contributed by atoms with Crippen molar-refractivity contribution in [2.75, 3.05) is 0 Å². The van der Waals surface area contributed by atoms with Gasteiger partial charge in [-0.1, -0.05) is 29.8 Å². The van der Waals surface area contributed by atoms with E-state index in [-0.39, 0.29) is 16.5 Å². The highest BCUT2D eigenvalue weighted by molar-refractivity contribution is 6.32. The summed E-state index contributed by atoms with van der Waals surface area (Å²) in [6.07, 6.45) is 1.71. The maximum Gasteiger partial charge on any atom is 0.271 e. The summed E-state index contributed by atoms with van der Waals surface area (Å²) >= 11 is 6.19. The van der Waals surface area contributed by atoms with Gasteiger partial charge in [0, 0.05) is 29.3 Å². The fraction of sp³-hybridized carbons (Fsp3) is 0.0625. The minimum atomic E-state index is -0.496. The Labute approximate surface area is 130 Å². The number of hydrogen-bond acceptors (Lipinski definition) is 3. The summed E-state index contributed by atoms with van der Waals surface area (Å²) in [5.41, 5.74) is 1.93.